The predicted molar refractivity (Wildman–Crippen MR) is 103 cm³/mol. The number of aromatic hydroxyl groups is 1. The van der Waals surface area contributed by atoms with Crippen LogP contribution in [0.15, 0.2) is 36.7 Å². The van der Waals surface area contributed by atoms with Crippen molar-refractivity contribution >= 4 is 19.0 Å². The lowest BCUT2D eigenvalue weighted by atomic mass is 10.2. The minimum Gasteiger partial charge on any atom is -0.502 e. The van der Waals surface area contributed by atoms with E-state index in [4.69, 9.17) is 18.5 Å². The number of nitrogens with zero attached hydrogens (tertiary/aromatic N) is 2. The normalized spacial score (nSPS) is 11.3. The first-order valence-corrected chi connectivity index (χ1v) is 10.2. The third-order valence-corrected chi connectivity index (χ3v) is 5.63. The van der Waals surface area contributed by atoms with Crippen LogP contribution in [0.2, 0.25) is 0 Å². The van der Waals surface area contributed by atoms with Crippen molar-refractivity contribution in [2.75, 3.05) is 38.6 Å². The molecule has 1 heterocycles. The summed E-state index contributed by atoms with van der Waals surface area (Å²) in [5.74, 6) is 0.328. The van der Waals surface area contributed by atoms with Gasteiger partial charge in [-0.05, 0) is 26.0 Å². The van der Waals surface area contributed by atoms with Gasteiger partial charge in [0.1, 0.15) is 6.29 Å². The van der Waals surface area contributed by atoms with Gasteiger partial charge in [0.05, 0.1) is 39.3 Å². The molecule has 1 N–H and O–H groups in total. The van der Waals surface area contributed by atoms with Crippen molar-refractivity contribution in [3.63, 3.8) is 0 Å². The minimum atomic E-state index is -3.41. The Bertz CT molecular complexity index is 752. The van der Waals surface area contributed by atoms with Crippen molar-refractivity contribution in [1.29, 1.82) is 0 Å². The zero-order valence-electron chi connectivity index (χ0n) is 15.9. The quantitative estimate of drug-likeness (QED) is 0.599. The van der Waals surface area contributed by atoms with Crippen LogP contribution in [0.1, 0.15) is 13.8 Å². The lowest BCUT2D eigenvalue weighted by Crippen LogP contribution is -2.21. The number of hydrogen-bond donors (Lipinski definition) is 1. The fourth-order valence-corrected chi connectivity index (χ4v) is 4.24. The highest BCUT2D eigenvalue weighted by atomic mass is 31.2. The van der Waals surface area contributed by atoms with Gasteiger partial charge in [-0.15, -0.1) is 0 Å². The van der Waals surface area contributed by atoms with E-state index in [9.17, 15) is 9.67 Å². The number of benzene rings is 1. The summed E-state index contributed by atoms with van der Waals surface area (Å²) in [6.07, 6.45) is 3.23. The van der Waals surface area contributed by atoms with Crippen LogP contribution in [0.3, 0.4) is 0 Å². The smallest absolute Gasteiger partial charge is 0.350 e. The van der Waals surface area contributed by atoms with Crippen LogP contribution >= 0.6 is 7.60 Å². The molecule has 0 aliphatic carbocycles. The Morgan fingerprint density at radius 3 is 2.11 bits per heavy atom. The molecule has 1 aromatic heterocycles. The fraction of sp³-hybridized carbons (Fsp3) is 0.389. The lowest BCUT2D eigenvalue weighted by molar-refractivity contribution is 0.220. The first kappa shape index (κ1) is 21.0. The second-order valence-corrected chi connectivity index (χ2v) is 7.45. The molecule has 0 saturated heterocycles. The van der Waals surface area contributed by atoms with E-state index in [1.54, 1.807) is 49.3 Å². The second kappa shape index (κ2) is 9.60. The monoisotopic (exact) mass is 396 g/mol. The van der Waals surface area contributed by atoms with Crippen LogP contribution < -0.4 is 14.4 Å². The number of aromatic nitrogens is 1. The van der Waals surface area contributed by atoms with Gasteiger partial charge in [-0.3, -0.25) is 9.55 Å². The zero-order chi connectivity index (χ0) is 19.9. The summed E-state index contributed by atoms with van der Waals surface area (Å²) in [6.45, 7) is 4.01. The molecule has 0 saturated carbocycles. The summed E-state index contributed by atoms with van der Waals surface area (Å²) in [4.78, 5) is 5.86. The molecular weight excluding hydrogens is 371 g/mol. The van der Waals surface area contributed by atoms with Gasteiger partial charge in [0.25, 0.3) is 0 Å². The molecule has 0 bridgehead atoms. The Balaban J connectivity index is 2.56. The van der Waals surface area contributed by atoms with Crippen LogP contribution in [0.4, 0.5) is 11.4 Å². The summed E-state index contributed by atoms with van der Waals surface area (Å²) in [5.41, 5.74) is 1.25. The number of anilines is 2. The summed E-state index contributed by atoms with van der Waals surface area (Å²) in [5, 5.41) is 10.2. The molecule has 0 amide bonds. The van der Waals surface area contributed by atoms with Crippen molar-refractivity contribution in [3.05, 3.63) is 36.7 Å². The van der Waals surface area contributed by atoms with E-state index in [2.05, 4.69) is 4.98 Å². The van der Waals surface area contributed by atoms with Crippen LogP contribution in [-0.2, 0) is 13.6 Å². The number of hydrogen-bond acceptors (Lipinski definition) is 8. The van der Waals surface area contributed by atoms with Crippen LogP contribution in [0.25, 0.3) is 0 Å². The van der Waals surface area contributed by atoms with E-state index < -0.39 is 7.60 Å². The van der Waals surface area contributed by atoms with Crippen LogP contribution in [0, 0.1) is 0 Å². The largest absolute Gasteiger partial charge is 0.502 e. The van der Waals surface area contributed by atoms with E-state index in [1.165, 1.54) is 14.2 Å². The highest BCUT2D eigenvalue weighted by molar-refractivity contribution is 7.54. The van der Waals surface area contributed by atoms with E-state index in [1.807, 2.05) is 6.07 Å². The molecule has 0 fully saturated rings. The highest BCUT2D eigenvalue weighted by Gasteiger charge is 2.29. The molecular formula is C18H25N2O6P. The van der Waals surface area contributed by atoms with Gasteiger partial charge < -0.3 is 28.5 Å². The molecule has 0 unspecified atom stereocenters. The van der Waals surface area contributed by atoms with Gasteiger partial charge in [0.15, 0.2) is 11.5 Å². The third kappa shape index (κ3) is 5.13. The molecule has 27 heavy (non-hydrogen) atoms. The van der Waals surface area contributed by atoms with Gasteiger partial charge in [0, 0.05) is 24.0 Å². The van der Waals surface area contributed by atoms with E-state index in [0.29, 0.717) is 11.4 Å². The number of pyridine rings is 1. The summed E-state index contributed by atoms with van der Waals surface area (Å²) >= 11 is 0. The van der Waals surface area contributed by atoms with Gasteiger partial charge in [-0.2, -0.15) is 0 Å². The third-order valence-electron chi connectivity index (χ3n) is 3.70. The van der Waals surface area contributed by atoms with Crippen molar-refractivity contribution in [2.24, 2.45) is 0 Å². The minimum absolute atomic E-state index is 0.0442. The molecule has 0 aliphatic heterocycles. The molecule has 2 aromatic rings. The highest BCUT2D eigenvalue weighted by Crippen LogP contribution is 2.51. The lowest BCUT2D eigenvalue weighted by Gasteiger charge is -2.29. The molecule has 8 nitrogen and oxygen atoms in total. The van der Waals surface area contributed by atoms with Crippen molar-refractivity contribution < 1.29 is 28.2 Å². The van der Waals surface area contributed by atoms with Gasteiger partial charge in [-0.25, -0.2) is 0 Å². The summed E-state index contributed by atoms with van der Waals surface area (Å²) < 4.78 is 34.5. The molecule has 0 atom stereocenters. The van der Waals surface area contributed by atoms with Gasteiger partial charge in [-0.1, -0.05) is 0 Å². The van der Waals surface area contributed by atoms with E-state index in [-0.39, 0.29) is 36.7 Å². The Labute approximate surface area is 159 Å². The van der Waals surface area contributed by atoms with Crippen LogP contribution in [-0.4, -0.2) is 43.8 Å². The predicted octanol–water partition coefficient (Wildman–Crippen LogP) is 4.17. The molecule has 0 radical (unpaired) electrons. The molecule has 148 valence electrons. The van der Waals surface area contributed by atoms with Crippen molar-refractivity contribution in [2.45, 2.75) is 13.8 Å². The maximum Gasteiger partial charge on any atom is 0.350 e. The Morgan fingerprint density at radius 2 is 1.67 bits per heavy atom. The number of ether oxygens (including phenoxy) is 2. The standard InChI is InChI=1S/C18H25N2O6P/c1-5-25-27(22,26-6-2)13-20(14-8-7-9-19-12-14)15-10-16(23-3)18(21)17(11-15)24-4/h7-12,21H,5-6,13H2,1-4H3. The maximum atomic E-state index is 13.1. The average molecular weight is 396 g/mol. The Kier molecular flexibility index (Phi) is 7.47. The first-order chi connectivity index (χ1) is 13.0. The van der Waals surface area contributed by atoms with Gasteiger partial charge >= 0.3 is 7.60 Å². The Hall–Kier alpha value is -2.28. The Morgan fingerprint density at radius 1 is 1.07 bits per heavy atom. The summed E-state index contributed by atoms with van der Waals surface area (Å²) in [7, 11) is -0.527. The average Bonchev–Trinajstić information content (AvgIpc) is 2.67. The first-order valence-electron chi connectivity index (χ1n) is 8.48. The van der Waals surface area contributed by atoms with E-state index in [0.717, 1.165) is 0 Å². The molecule has 0 spiro atoms. The summed E-state index contributed by atoms with van der Waals surface area (Å²) in [6, 6.07) is 6.82. The van der Waals surface area contributed by atoms with E-state index >= 15 is 0 Å². The molecule has 2 rings (SSSR count). The topological polar surface area (TPSA) is 90.4 Å². The number of phenols is 1. The number of methoxy groups -OCH3 is 2. The zero-order valence-corrected chi connectivity index (χ0v) is 16.8. The van der Waals surface area contributed by atoms with Crippen molar-refractivity contribution in [1.82, 2.24) is 4.98 Å². The fourth-order valence-electron chi connectivity index (χ4n) is 2.55. The van der Waals surface area contributed by atoms with Gasteiger partial charge in [0.2, 0.25) is 5.75 Å². The maximum absolute atomic E-state index is 13.1. The number of rotatable bonds is 10. The van der Waals surface area contributed by atoms with Crippen molar-refractivity contribution in [3.8, 4) is 17.2 Å². The molecule has 0 aliphatic rings. The number of phenolic OH excluding ortho intramolecular Hbond substituents is 1. The van der Waals surface area contributed by atoms with Crippen LogP contribution in [0.5, 0.6) is 17.2 Å². The molecule has 1 aromatic carbocycles. The second-order valence-electron chi connectivity index (χ2n) is 5.43. The molecule has 9 heteroatoms. The SMILES string of the molecule is CCOP(=O)(CN(c1cccnc1)c1cc(OC)c(O)c(OC)c1)OCC.